The maximum absolute atomic E-state index is 11.6. The van der Waals surface area contributed by atoms with Crippen LogP contribution in [0.2, 0.25) is 0 Å². The van der Waals surface area contributed by atoms with Crippen molar-refractivity contribution in [2.24, 2.45) is 0 Å². The van der Waals surface area contributed by atoms with E-state index in [2.05, 4.69) is 5.32 Å². The first kappa shape index (κ1) is 14.2. The first-order valence-electron chi connectivity index (χ1n) is 5.87. The molecule has 0 fully saturated rings. The molecular weight excluding hydrogens is 236 g/mol. The van der Waals surface area contributed by atoms with Gasteiger partial charge in [0.05, 0.1) is 18.7 Å². The van der Waals surface area contributed by atoms with Gasteiger partial charge in [0.25, 0.3) is 0 Å². The number of likely N-dealkylation sites (N-methyl/N-ethyl adjacent to an activating group) is 1. The number of amides is 1. The van der Waals surface area contributed by atoms with Crippen LogP contribution in [0.3, 0.4) is 0 Å². The maximum Gasteiger partial charge on any atom is 0.338 e. The van der Waals surface area contributed by atoms with Crippen molar-refractivity contribution in [2.75, 3.05) is 19.6 Å². The lowest BCUT2D eigenvalue weighted by atomic mass is 10.3. The third-order valence-corrected chi connectivity index (χ3v) is 2.59. The van der Waals surface area contributed by atoms with Crippen molar-refractivity contribution < 1.29 is 19.1 Å². The van der Waals surface area contributed by atoms with E-state index in [9.17, 15) is 9.59 Å². The topological polar surface area (TPSA) is 82.8 Å². The van der Waals surface area contributed by atoms with Gasteiger partial charge in [-0.3, -0.25) is 4.79 Å². The van der Waals surface area contributed by atoms with Crippen LogP contribution in [0.5, 0.6) is 0 Å². The molecule has 0 saturated heterocycles. The number of carboxylic acid groups (broad SMARTS) is 1. The van der Waals surface area contributed by atoms with Crippen LogP contribution >= 0.6 is 0 Å². The summed E-state index contributed by atoms with van der Waals surface area (Å²) in [7, 11) is 0. The average Bonchev–Trinajstić information content (AvgIpc) is 2.79. The van der Waals surface area contributed by atoms with Crippen molar-refractivity contribution in [2.45, 2.75) is 20.4 Å². The largest absolute Gasteiger partial charge is 0.478 e. The van der Waals surface area contributed by atoms with E-state index >= 15 is 0 Å². The maximum atomic E-state index is 11.6. The lowest BCUT2D eigenvalue weighted by molar-refractivity contribution is -0.129. The molecular formula is C12H18N2O4. The molecule has 0 saturated carbocycles. The van der Waals surface area contributed by atoms with Gasteiger partial charge in [-0.15, -0.1) is 0 Å². The Bertz CT molecular complexity index is 410. The molecule has 0 bridgehead atoms. The van der Waals surface area contributed by atoms with Gasteiger partial charge in [0.15, 0.2) is 0 Å². The minimum Gasteiger partial charge on any atom is -0.478 e. The summed E-state index contributed by atoms with van der Waals surface area (Å²) in [6, 6.07) is 1.44. The Hall–Kier alpha value is -1.82. The molecule has 0 spiro atoms. The molecule has 1 amide bonds. The van der Waals surface area contributed by atoms with Crippen molar-refractivity contribution in [1.29, 1.82) is 0 Å². The van der Waals surface area contributed by atoms with Gasteiger partial charge in [-0.05, 0) is 19.9 Å². The summed E-state index contributed by atoms with van der Waals surface area (Å²) >= 11 is 0. The summed E-state index contributed by atoms with van der Waals surface area (Å²) in [5.74, 6) is -0.506. The van der Waals surface area contributed by atoms with Gasteiger partial charge in [0, 0.05) is 13.1 Å². The molecule has 6 nitrogen and oxygen atoms in total. The number of rotatable bonds is 7. The number of aromatic carboxylic acids is 1. The van der Waals surface area contributed by atoms with E-state index < -0.39 is 5.97 Å². The van der Waals surface area contributed by atoms with Crippen molar-refractivity contribution in [3.8, 4) is 0 Å². The van der Waals surface area contributed by atoms with Gasteiger partial charge >= 0.3 is 5.97 Å². The molecule has 0 aliphatic heterocycles. The van der Waals surface area contributed by atoms with Crippen LogP contribution in [-0.2, 0) is 11.3 Å². The van der Waals surface area contributed by atoms with Crippen LogP contribution in [-0.4, -0.2) is 41.5 Å². The predicted octanol–water partition coefficient (Wildman–Crippen LogP) is 0.936. The summed E-state index contributed by atoms with van der Waals surface area (Å²) in [5, 5.41) is 11.6. The van der Waals surface area contributed by atoms with E-state index in [1.165, 1.54) is 12.3 Å². The van der Waals surface area contributed by atoms with E-state index in [-0.39, 0.29) is 18.0 Å². The Morgan fingerprint density at radius 2 is 2.06 bits per heavy atom. The second kappa shape index (κ2) is 6.80. The fourth-order valence-electron chi connectivity index (χ4n) is 1.57. The molecule has 1 aromatic heterocycles. The lowest BCUT2D eigenvalue weighted by Crippen LogP contribution is -2.37. The second-order valence-corrected chi connectivity index (χ2v) is 3.78. The average molecular weight is 254 g/mol. The van der Waals surface area contributed by atoms with Gasteiger partial charge in [0.1, 0.15) is 12.0 Å². The van der Waals surface area contributed by atoms with E-state index in [4.69, 9.17) is 9.52 Å². The van der Waals surface area contributed by atoms with Crippen LogP contribution in [0.1, 0.15) is 30.0 Å². The number of hydrogen-bond donors (Lipinski definition) is 2. The molecule has 0 atom stereocenters. The van der Waals surface area contributed by atoms with Crippen LogP contribution in [0.25, 0.3) is 0 Å². The number of furan rings is 1. The number of nitrogens with zero attached hydrogens (tertiary/aromatic N) is 1. The highest BCUT2D eigenvalue weighted by Gasteiger charge is 2.10. The van der Waals surface area contributed by atoms with Gasteiger partial charge < -0.3 is 19.7 Å². The summed E-state index contributed by atoms with van der Waals surface area (Å²) in [5.41, 5.74) is 0.113. The van der Waals surface area contributed by atoms with Gasteiger partial charge in [0.2, 0.25) is 5.91 Å². The molecule has 0 aliphatic carbocycles. The number of nitrogens with one attached hydrogen (secondary N) is 1. The van der Waals surface area contributed by atoms with Crippen molar-refractivity contribution in [3.63, 3.8) is 0 Å². The molecule has 6 heteroatoms. The summed E-state index contributed by atoms with van der Waals surface area (Å²) in [6.07, 6.45) is 1.19. The lowest BCUT2D eigenvalue weighted by Gasteiger charge is -2.18. The van der Waals surface area contributed by atoms with Crippen LogP contribution in [0.15, 0.2) is 16.7 Å². The predicted molar refractivity (Wildman–Crippen MR) is 65.3 cm³/mol. The quantitative estimate of drug-likeness (QED) is 0.756. The summed E-state index contributed by atoms with van der Waals surface area (Å²) in [6.45, 7) is 5.76. The van der Waals surface area contributed by atoms with E-state index in [0.717, 1.165) is 0 Å². The second-order valence-electron chi connectivity index (χ2n) is 3.78. The molecule has 18 heavy (non-hydrogen) atoms. The Morgan fingerprint density at radius 1 is 1.39 bits per heavy atom. The zero-order chi connectivity index (χ0) is 13.5. The summed E-state index contributed by atoms with van der Waals surface area (Å²) in [4.78, 5) is 24.0. The fraction of sp³-hybridized carbons (Fsp3) is 0.500. The number of carboxylic acids is 1. The molecule has 1 rings (SSSR count). The van der Waals surface area contributed by atoms with Crippen LogP contribution in [0.4, 0.5) is 0 Å². The van der Waals surface area contributed by atoms with E-state index in [1.807, 2.05) is 13.8 Å². The minimum atomic E-state index is -1.02. The van der Waals surface area contributed by atoms with Crippen LogP contribution in [0, 0.1) is 0 Å². The highest BCUT2D eigenvalue weighted by atomic mass is 16.4. The molecule has 1 aromatic rings. The molecule has 0 aromatic carbocycles. The fourth-order valence-corrected chi connectivity index (χ4v) is 1.57. The molecule has 0 aliphatic rings. The zero-order valence-electron chi connectivity index (χ0n) is 10.6. The first-order valence-corrected chi connectivity index (χ1v) is 5.87. The molecule has 100 valence electrons. The SMILES string of the molecule is CCN(CC)C(=O)CNCc1cc(C(=O)O)co1. The normalized spacial score (nSPS) is 10.3. The number of carbonyl (C=O) groups is 2. The zero-order valence-corrected chi connectivity index (χ0v) is 10.6. The van der Waals surface area contributed by atoms with Crippen molar-refractivity contribution >= 4 is 11.9 Å². The Labute approximate surface area is 106 Å². The minimum absolute atomic E-state index is 0.0185. The third kappa shape index (κ3) is 3.89. The van der Waals surface area contributed by atoms with Crippen molar-refractivity contribution in [1.82, 2.24) is 10.2 Å². The van der Waals surface area contributed by atoms with Gasteiger partial charge in [-0.2, -0.15) is 0 Å². The molecule has 0 radical (unpaired) electrons. The van der Waals surface area contributed by atoms with Gasteiger partial charge in [-0.25, -0.2) is 4.79 Å². The highest BCUT2D eigenvalue weighted by molar-refractivity contribution is 5.87. The number of hydrogen-bond acceptors (Lipinski definition) is 4. The molecule has 1 heterocycles. The Kier molecular flexibility index (Phi) is 5.38. The third-order valence-electron chi connectivity index (χ3n) is 2.59. The highest BCUT2D eigenvalue weighted by Crippen LogP contribution is 2.07. The molecule has 2 N–H and O–H groups in total. The van der Waals surface area contributed by atoms with Gasteiger partial charge in [-0.1, -0.05) is 0 Å². The van der Waals surface area contributed by atoms with Crippen LogP contribution < -0.4 is 5.32 Å². The van der Waals surface area contributed by atoms with E-state index in [1.54, 1.807) is 4.90 Å². The first-order chi connectivity index (χ1) is 8.58. The van der Waals surface area contributed by atoms with E-state index in [0.29, 0.717) is 25.4 Å². The Morgan fingerprint density at radius 3 is 2.56 bits per heavy atom. The molecule has 0 unspecified atom stereocenters. The Balaban J connectivity index is 2.37. The smallest absolute Gasteiger partial charge is 0.338 e. The monoisotopic (exact) mass is 254 g/mol. The number of carbonyl (C=O) groups excluding carboxylic acids is 1. The van der Waals surface area contributed by atoms with Crippen molar-refractivity contribution in [3.05, 3.63) is 23.7 Å². The summed E-state index contributed by atoms with van der Waals surface area (Å²) < 4.78 is 5.05. The standard InChI is InChI=1S/C12H18N2O4/c1-3-14(4-2)11(15)7-13-6-10-5-9(8-18-10)12(16)17/h5,8,13H,3-4,6-7H2,1-2H3,(H,16,17).